The molecule has 0 spiro atoms. The number of non-ortho nitro benzene ring substituents is 1. The minimum atomic E-state index is -3.06. The summed E-state index contributed by atoms with van der Waals surface area (Å²) >= 11 is 0. The molecule has 14 heteroatoms. The van der Waals surface area contributed by atoms with Crippen molar-refractivity contribution in [1.29, 1.82) is 0 Å². The highest BCUT2D eigenvalue weighted by molar-refractivity contribution is 5.36. The van der Waals surface area contributed by atoms with Crippen LogP contribution in [0.15, 0.2) is 24.3 Å². The third kappa shape index (κ3) is 3.84. The SMILES string of the molecule is O=[N+]([O-])c1ccc(O[C@H]2O[C@H](CO)[C@H](O)[C@@](O)([C@@]3(O)CO[C@H](CO)[C@H](O)[C@@H]3O)[C@H]2O)cc1. The van der Waals surface area contributed by atoms with E-state index in [-0.39, 0.29) is 11.4 Å². The zero-order valence-corrected chi connectivity index (χ0v) is 16.5. The van der Waals surface area contributed by atoms with Gasteiger partial charge in [0.25, 0.3) is 5.69 Å². The van der Waals surface area contributed by atoms with Crippen LogP contribution in [0.3, 0.4) is 0 Å². The van der Waals surface area contributed by atoms with Gasteiger partial charge < -0.3 is 55.1 Å². The molecule has 0 amide bonds. The quantitative estimate of drug-likeness (QED) is 0.149. The van der Waals surface area contributed by atoms with Crippen molar-refractivity contribution < 1.29 is 60.0 Å². The maximum atomic E-state index is 11.3. The topological polar surface area (TPSA) is 233 Å². The number of hydrogen-bond acceptors (Lipinski definition) is 13. The average Bonchev–Trinajstić information content (AvgIpc) is 2.78. The normalized spacial score (nSPS) is 42.4. The zero-order valence-electron chi connectivity index (χ0n) is 16.5. The fourth-order valence-corrected chi connectivity index (χ4v) is 3.93. The van der Waals surface area contributed by atoms with E-state index >= 15 is 0 Å². The number of aliphatic hydroxyl groups excluding tert-OH is 6. The molecule has 0 radical (unpaired) electrons. The van der Waals surface area contributed by atoms with Crippen LogP contribution >= 0.6 is 0 Å². The van der Waals surface area contributed by atoms with Crippen LogP contribution in [0.4, 0.5) is 5.69 Å². The van der Waals surface area contributed by atoms with Crippen molar-refractivity contribution in [3.63, 3.8) is 0 Å². The average molecular weight is 463 g/mol. The van der Waals surface area contributed by atoms with Gasteiger partial charge in [-0.05, 0) is 12.1 Å². The second-order valence-corrected chi connectivity index (χ2v) is 7.70. The molecule has 8 N–H and O–H groups in total. The van der Waals surface area contributed by atoms with Gasteiger partial charge in [-0.15, -0.1) is 0 Å². The van der Waals surface area contributed by atoms with E-state index in [1.165, 1.54) is 0 Å². The highest BCUT2D eigenvalue weighted by atomic mass is 16.7. The largest absolute Gasteiger partial charge is 0.462 e. The highest BCUT2D eigenvalue weighted by Gasteiger charge is 2.70. The number of nitro groups is 1. The molecule has 2 aliphatic heterocycles. The molecule has 2 aliphatic rings. The second kappa shape index (κ2) is 9.11. The molecule has 1 aromatic carbocycles. The van der Waals surface area contributed by atoms with Gasteiger partial charge in [0.2, 0.25) is 6.29 Å². The highest BCUT2D eigenvalue weighted by Crippen LogP contribution is 2.43. The van der Waals surface area contributed by atoms with Crippen molar-refractivity contribution in [1.82, 2.24) is 0 Å². The Kier molecular flexibility index (Phi) is 7.02. The number of rotatable bonds is 6. The molecule has 180 valence electrons. The van der Waals surface area contributed by atoms with Gasteiger partial charge in [-0.1, -0.05) is 0 Å². The van der Waals surface area contributed by atoms with Gasteiger partial charge in [-0.3, -0.25) is 10.1 Å². The van der Waals surface area contributed by atoms with E-state index in [9.17, 15) is 51.0 Å². The van der Waals surface area contributed by atoms with E-state index in [0.29, 0.717) is 0 Å². The van der Waals surface area contributed by atoms with Crippen LogP contribution in [0.2, 0.25) is 0 Å². The van der Waals surface area contributed by atoms with Crippen LogP contribution in [0.5, 0.6) is 5.75 Å². The number of ether oxygens (including phenoxy) is 3. The van der Waals surface area contributed by atoms with Crippen LogP contribution in [-0.2, 0) is 9.47 Å². The van der Waals surface area contributed by atoms with Crippen LogP contribution in [-0.4, -0.2) is 120 Å². The summed E-state index contributed by atoms with van der Waals surface area (Å²) < 4.78 is 15.8. The molecule has 3 rings (SSSR count). The molecule has 9 atom stereocenters. The Hall–Kier alpha value is -1.98. The Labute approximate surface area is 180 Å². The summed E-state index contributed by atoms with van der Waals surface area (Å²) in [6, 6.07) is 4.50. The van der Waals surface area contributed by atoms with Crippen LogP contribution in [0.1, 0.15) is 0 Å². The van der Waals surface area contributed by atoms with Crippen LogP contribution in [0.25, 0.3) is 0 Å². The lowest BCUT2D eigenvalue weighted by Crippen LogP contribution is -2.83. The standard InChI is InChI=1S/C18H25NO13/c20-5-10-12(22)14(24)17(26,7-30-10)18(27)13(23)11(6-21)32-16(15(18)25)31-9-3-1-8(2-4-9)19(28)29/h1-4,10-16,20-27H,5-7H2/t10-,11-,12+,13+,14+,15+,16+,17-,18+/m1/s1. The fourth-order valence-electron chi connectivity index (χ4n) is 3.93. The monoisotopic (exact) mass is 463 g/mol. The number of benzene rings is 1. The summed E-state index contributed by atoms with van der Waals surface area (Å²) in [4.78, 5) is 10.1. The lowest BCUT2D eigenvalue weighted by molar-refractivity contribution is -0.385. The van der Waals surface area contributed by atoms with E-state index in [0.717, 1.165) is 24.3 Å². The smallest absolute Gasteiger partial charge is 0.269 e. The lowest BCUT2D eigenvalue weighted by Gasteiger charge is -2.57. The van der Waals surface area contributed by atoms with Crippen molar-refractivity contribution >= 4 is 5.69 Å². The Morgan fingerprint density at radius 3 is 2.12 bits per heavy atom. The van der Waals surface area contributed by atoms with E-state index in [4.69, 9.17) is 14.2 Å². The number of nitrogens with zero attached hydrogens (tertiary/aromatic N) is 1. The van der Waals surface area contributed by atoms with Gasteiger partial charge >= 0.3 is 0 Å². The van der Waals surface area contributed by atoms with E-state index in [1.54, 1.807) is 0 Å². The van der Waals surface area contributed by atoms with E-state index in [1.807, 2.05) is 0 Å². The summed E-state index contributed by atoms with van der Waals surface area (Å²) in [5.74, 6) is -0.0668. The summed E-state index contributed by atoms with van der Waals surface area (Å²) in [6.45, 7) is -2.57. The van der Waals surface area contributed by atoms with Crippen LogP contribution in [0, 0.1) is 10.1 Å². The second-order valence-electron chi connectivity index (χ2n) is 7.70. The predicted molar refractivity (Wildman–Crippen MR) is 100 cm³/mol. The molecule has 0 unspecified atom stereocenters. The molecule has 14 nitrogen and oxygen atoms in total. The number of aliphatic hydroxyl groups is 8. The Balaban J connectivity index is 1.94. The van der Waals surface area contributed by atoms with Crippen molar-refractivity contribution in [2.24, 2.45) is 0 Å². The summed E-state index contributed by atoms with van der Waals surface area (Å²) in [6.07, 6.45) is -13.4. The summed E-state index contributed by atoms with van der Waals surface area (Å²) in [5.41, 5.74) is -6.22. The van der Waals surface area contributed by atoms with Gasteiger partial charge in [0.15, 0.2) is 17.3 Å². The predicted octanol–water partition coefficient (Wildman–Crippen LogP) is -4.01. The van der Waals surface area contributed by atoms with Gasteiger partial charge in [0.05, 0.1) is 24.7 Å². The summed E-state index contributed by atoms with van der Waals surface area (Å²) in [7, 11) is 0. The van der Waals surface area contributed by atoms with Crippen molar-refractivity contribution in [3.8, 4) is 5.75 Å². The first-order valence-electron chi connectivity index (χ1n) is 9.58. The van der Waals surface area contributed by atoms with Gasteiger partial charge in [-0.2, -0.15) is 0 Å². The maximum absolute atomic E-state index is 11.3. The summed E-state index contributed by atoms with van der Waals surface area (Å²) in [5, 5.41) is 94.0. The third-order valence-corrected chi connectivity index (χ3v) is 5.89. The first-order valence-corrected chi connectivity index (χ1v) is 9.58. The molecular formula is C18H25NO13. The molecule has 1 aromatic rings. The molecule has 0 saturated carbocycles. The number of hydrogen-bond donors (Lipinski definition) is 8. The van der Waals surface area contributed by atoms with Gasteiger partial charge in [0.1, 0.15) is 36.3 Å². The molecule has 0 aliphatic carbocycles. The zero-order chi connectivity index (χ0) is 23.8. The first-order chi connectivity index (χ1) is 15.0. The van der Waals surface area contributed by atoms with Crippen molar-refractivity contribution in [2.45, 2.75) is 54.1 Å². The Morgan fingerprint density at radius 2 is 1.59 bits per heavy atom. The molecular weight excluding hydrogens is 438 g/mol. The molecule has 2 saturated heterocycles. The van der Waals surface area contributed by atoms with E-state index in [2.05, 4.69) is 0 Å². The Morgan fingerprint density at radius 1 is 1.00 bits per heavy atom. The minimum Gasteiger partial charge on any atom is -0.462 e. The minimum absolute atomic E-state index is 0.0668. The fraction of sp³-hybridized carbons (Fsp3) is 0.667. The van der Waals surface area contributed by atoms with Crippen LogP contribution < -0.4 is 4.74 Å². The van der Waals surface area contributed by atoms with E-state index < -0.39 is 78.9 Å². The molecule has 32 heavy (non-hydrogen) atoms. The van der Waals surface area contributed by atoms with Crippen molar-refractivity contribution in [3.05, 3.63) is 34.4 Å². The molecule has 0 bridgehead atoms. The molecule has 2 fully saturated rings. The molecule has 0 aromatic heterocycles. The molecule has 2 heterocycles. The Bertz CT molecular complexity index is 809. The van der Waals surface area contributed by atoms with Gasteiger partial charge in [0, 0.05) is 12.1 Å². The van der Waals surface area contributed by atoms with Gasteiger partial charge in [-0.25, -0.2) is 0 Å². The first kappa shape index (κ1) is 24.7. The third-order valence-electron chi connectivity index (χ3n) is 5.89. The number of nitro benzene ring substituents is 1. The maximum Gasteiger partial charge on any atom is 0.269 e. The lowest BCUT2D eigenvalue weighted by atomic mass is 9.66. The van der Waals surface area contributed by atoms with Crippen molar-refractivity contribution in [2.75, 3.05) is 19.8 Å².